The predicted octanol–water partition coefficient (Wildman–Crippen LogP) is 3.37. The Morgan fingerprint density at radius 2 is 2.21 bits per heavy atom. The van der Waals surface area contributed by atoms with Gasteiger partial charge in [0, 0.05) is 12.6 Å². The van der Waals surface area contributed by atoms with Gasteiger partial charge in [-0.2, -0.15) is 0 Å². The molecule has 1 aromatic carbocycles. The lowest BCUT2D eigenvalue weighted by Gasteiger charge is -2.19. The van der Waals surface area contributed by atoms with Gasteiger partial charge < -0.3 is 9.88 Å². The minimum atomic E-state index is 0.472. The molecule has 1 atom stereocenters. The van der Waals surface area contributed by atoms with Gasteiger partial charge in [-0.1, -0.05) is 24.6 Å². The summed E-state index contributed by atoms with van der Waals surface area (Å²) in [5.74, 6) is 0. The van der Waals surface area contributed by atoms with Crippen LogP contribution < -0.4 is 5.32 Å². The van der Waals surface area contributed by atoms with E-state index in [0.29, 0.717) is 6.04 Å². The van der Waals surface area contributed by atoms with Crippen LogP contribution in [0.1, 0.15) is 26.7 Å². The summed E-state index contributed by atoms with van der Waals surface area (Å²) in [7, 11) is 0. The molecule has 0 aliphatic heterocycles. The number of allylic oxidation sites excluding steroid dienone is 1. The van der Waals surface area contributed by atoms with Gasteiger partial charge in [0.1, 0.15) is 0 Å². The van der Waals surface area contributed by atoms with Crippen molar-refractivity contribution in [1.82, 2.24) is 14.9 Å². The topological polar surface area (TPSA) is 29.9 Å². The Labute approximate surface area is 115 Å². The van der Waals surface area contributed by atoms with Crippen molar-refractivity contribution in [2.24, 2.45) is 0 Å². The molecule has 0 spiro atoms. The Bertz CT molecular complexity index is 542. The van der Waals surface area contributed by atoms with E-state index in [1.54, 1.807) is 0 Å². The van der Waals surface area contributed by atoms with Gasteiger partial charge in [0.2, 0.25) is 0 Å². The molecule has 0 amide bonds. The number of benzene rings is 1. The highest BCUT2D eigenvalue weighted by Gasteiger charge is 2.10. The van der Waals surface area contributed by atoms with Gasteiger partial charge in [0.25, 0.3) is 0 Å². The third-order valence-electron chi connectivity index (χ3n) is 3.36. The molecule has 2 rings (SSSR count). The molecule has 3 heteroatoms. The first-order valence-corrected chi connectivity index (χ1v) is 6.98. The molecule has 0 saturated carbocycles. The highest BCUT2D eigenvalue weighted by molar-refractivity contribution is 5.74. The fourth-order valence-corrected chi connectivity index (χ4v) is 2.36. The monoisotopic (exact) mass is 257 g/mol. The van der Waals surface area contributed by atoms with Crippen LogP contribution in [0.4, 0.5) is 0 Å². The van der Waals surface area contributed by atoms with Gasteiger partial charge >= 0.3 is 0 Å². The van der Waals surface area contributed by atoms with E-state index in [1.165, 1.54) is 11.1 Å². The summed E-state index contributed by atoms with van der Waals surface area (Å²) >= 11 is 0. The molecule has 1 unspecified atom stereocenters. The van der Waals surface area contributed by atoms with E-state index in [9.17, 15) is 0 Å². The van der Waals surface area contributed by atoms with Crippen molar-refractivity contribution < 1.29 is 0 Å². The van der Waals surface area contributed by atoms with Gasteiger partial charge in [-0.25, -0.2) is 4.98 Å². The molecule has 102 valence electrons. The number of rotatable bonds is 7. The zero-order valence-corrected chi connectivity index (χ0v) is 11.9. The van der Waals surface area contributed by atoms with Crippen LogP contribution in [-0.4, -0.2) is 22.1 Å². The molecule has 1 N–H and O–H groups in total. The smallest absolute Gasteiger partial charge is 0.0958 e. The average molecular weight is 257 g/mol. The molecule has 1 aromatic heterocycles. The van der Waals surface area contributed by atoms with Crippen LogP contribution >= 0.6 is 0 Å². The van der Waals surface area contributed by atoms with Crippen LogP contribution in [0.5, 0.6) is 0 Å². The maximum absolute atomic E-state index is 4.44. The van der Waals surface area contributed by atoms with E-state index in [0.717, 1.165) is 31.4 Å². The quantitative estimate of drug-likeness (QED) is 0.771. The van der Waals surface area contributed by atoms with Crippen molar-refractivity contribution in [3.05, 3.63) is 42.7 Å². The van der Waals surface area contributed by atoms with Gasteiger partial charge in [-0.15, -0.1) is 6.58 Å². The van der Waals surface area contributed by atoms with Crippen LogP contribution in [0.2, 0.25) is 0 Å². The van der Waals surface area contributed by atoms with Crippen molar-refractivity contribution in [2.45, 2.75) is 39.3 Å². The van der Waals surface area contributed by atoms with E-state index in [-0.39, 0.29) is 0 Å². The standard InChI is InChI=1S/C16H23N3/c1-4-17-14(10-9-13(2)3)11-19-12-18-15-7-5-6-8-16(15)19/h5-8,12,14,17H,2,4,9-11H2,1,3H3. The summed E-state index contributed by atoms with van der Waals surface area (Å²) in [5, 5.41) is 3.55. The summed E-state index contributed by atoms with van der Waals surface area (Å²) in [5.41, 5.74) is 3.52. The molecule has 0 radical (unpaired) electrons. The number of imidazole rings is 1. The van der Waals surface area contributed by atoms with Crippen molar-refractivity contribution in [1.29, 1.82) is 0 Å². The molecule has 0 aliphatic carbocycles. The van der Waals surface area contributed by atoms with Crippen LogP contribution in [-0.2, 0) is 6.54 Å². The van der Waals surface area contributed by atoms with Crippen LogP contribution in [0.3, 0.4) is 0 Å². The van der Waals surface area contributed by atoms with Gasteiger partial charge in [-0.05, 0) is 38.4 Å². The molecular formula is C16H23N3. The molecule has 0 aliphatic rings. The molecule has 0 bridgehead atoms. The number of nitrogens with one attached hydrogen (secondary N) is 1. The second kappa shape index (κ2) is 6.53. The van der Waals surface area contributed by atoms with Gasteiger partial charge in [0.05, 0.1) is 17.4 Å². The minimum absolute atomic E-state index is 0.472. The normalized spacial score (nSPS) is 12.7. The predicted molar refractivity (Wildman–Crippen MR) is 81.2 cm³/mol. The highest BCUT2D eigenvalue weighted by atomic mass is 15.1. The number of fused-ring (bicyclic) bond motifs is 1. The van der Waals surface area contributed by atoms with E-state index in [1.807, 2.05) is 12.4 Å². The Balaban J connectivity index is 2.09. The Kier molecular flexibility index (Phi) is 4.74. The molecular weight excluding hydrogens is 234 g/mol. The summed E-state index contributed by atoms with van der Waals surface area (Å²) in [6, 6.07) is 8.75. The van der Waals surface area contributed by atoms with Gasteiger partial charge in [-0.3, -0.25) is 0 Å². The first-order chi connectivity index (χ1) is 9.20. The fraction of sp³-hybridized carbons (Fsp3) is 0.438. The van der Waals surface area contributed by atoms with Gasteiger partial charge in [0.15, 0.2) is 0 Å². The van der Waals surface area contributed by atoms with E-state index >= 15 is 0 Å². The average Bonchev–Trinajstić information content (AvgIpc) is 2.80. The third-order valence-corrected chi connectivity index (χ3v) is 3.36. The maximum atomic E-state index is 4.44. The number of nitrogens with zero attached hydrogens (tertiary/aromatic N) is 2. The zero-order chi connectivity index (χ0) is 13.7. The molecule has 3 nitrogen and oxygen atoms in total. The summed E-state index contributed by atoms with van der Waals surface area (Å²) < 4.78 is 2.24. The fourth-order valence-electron chi connectivity index (χ4n) is 2.36. The Morgan fingerprint density at radius 1 is 1.42 bits per heavy atom. The molecule has 19 heavy (non-hydrogen) atoms. The Morgan fingerprint density at radius 3 is 2.95 bits per heavy atom. The van der Waals surface area contributed by atoms with Crippen molar-refractivity contribution in [2.75, 3.05) is 6.54 Å². The number of aromatic nitrogens is 2. The van der Waals surface area contributed by atoms with Crippen molar-refractivity contribution in [3.8, 4) is 0 Å². The minimum Gasteiger partial charge on any atom is -0.329 e. The second-order valence-electron chi connectivity index (χ2n) is 5.14. The highest BCUT2D eigenvalue weighted by Crippen LogP contribution is 2.14. The lowest BCUT2D eigenvalue weighted by atomic mass is 10.1. The lowest BCUT2D eigenvalue weighted by Crippen LogP contribution is -2.33. The van der Waals surface area contributed by atoms with Crippen molar-refractivity contribution >= 4 is 11.0 Å². The van der Waals surface area contributed by atoms with E-state index in [4.69, 9.17) is 0 Å². The third kappa shape index (κ3) is 3.67. The zero-order valence-electron chi connectivity index (χ0n) is 11.9. The summed E-state index contributed by atoms with van der Waals surface area (Å²) in [4.78, 5) is 4.44. The summed E-state index contributed by atoms with van der Waals surface area (Å²) in [6.07, 6.45) is 4.13. The first kappa shape index (κ1) is 13.8. The van der Waals surface area contributed by atoms with E-state index < -0.39 is 0 Å². The molecule has 1 heterocycles. The number of hydrogen-bond acceptors (Lipinski definition) is 2. The second-order valence-corrected chi connectivity index (χ2v) is 5.14. The lowest BCUT2D eigenvalue weighted by molar-refractivity contribution is 0.437. The Hall–Kier alpha value is -1.61. The number of para-hydroxylation sites is 2. The molecule has 2 aromatic rings. The van der Waals surface area contributed by atoms with Crippen LogP contribution in [0.15, 0.2) is 42.7 Å². The molecule has 0 fully saturated rings. The SMILES string of the molecule is C=C(C)CCC(Cn1cnc2ccccc21)NCC. The first-order valence-electron chi connectivity index (χ1n) is 6.98. The van der Waals surface area contributed by atoms with E-state index in [2.05, 4.69) is 53.5 Å². The largest absolute Gasteiger partial charge is 0.329 e. The number of likely N-dealkylation sites (N-methyl/N-ethyl adjacent to an activating group) is 1. The van der Waals surface area contributed by atoms with Crippen molar-refractivity contribution in [3.63, 3.8) is 0 Å². The number of hydrogen-bond donors (Lipinski definition) is 1. The summed E-state index contributed by atoms with van der Waals surface area (Å²) in [6.45, 7) is 10.2. The maximum Gasteiger partial charge on any atom is 0.0958 e. The van der Waals surface area contributed by atoms with Crippen LogP contribution in [0.25, 0.3) is 11.0 Å². The van der Waals surface area contributed by atoms with Crippen LogP contribution in [0, 0.1) is 0 Å². The molecule has 0 saturated heterocycles.